The van der Waals surface area contributed by atoms with E-state index in [0.29, 0.717) is 27.4 Å². The molecular formula is C16H14ClN3O3. The van der Waals surface area contributed by atoms with Crippen molar-refractivity contribution in [3.63, 3.8) is 0 Å². The number of halogens is 1. The van der Waals surface area contributed by atoms with E-state index in [1.807, 2.05) is 0 Å². The van der Waals surface area contributed by atoms with E-state index in [-0.39, 0.29) is 0 Å². The minimum Gasteiger partial charge on any atom is -0.439 e. The average molecular weight is 332 g/mol. The lowest BCUT2D eigenvalue weighted by atomic mass is 10.2. The molecule has 0 fully saturated rings. The van der Waals surface area contributed by atoms with Gasteiger partial charge in [-0.2, -0.15) is 5.06 Å². The van der Waals surface area contributed by atoms with Gasteiger partial charge in [-0.25, -0.2) is 9.78 Å². The van der Waals surface area contributed by atoms with Gasteiger partial charge in [0.15, 0.2) is 0 Å². The van der Waals surface area contributed by atoms with Gasteiger partial charge in [0.1, 0.15) is 16.9 Å². The molecule has 0 aliphatic carbocycles. The third-order valence-electron chi connectivity index (χ3n) is 2.76. The minimum absolute atomic E-state index is 0.335. The van der Waals surface area contributed by atoms with Crippen LogP contribution in [0.1, 0.15) is 12.5 Å². The molecule has 23 heavy (non-hydrogen) atoms. The molecule has 1 aromatic carbocycles. The number of hydrogen-bond donors (Lipinski definition) is 2. The van der Waals surface area contributed by atoms with E-state index in [0.717, 1.165) is 0 Å². The van der Waals surface area contributed by atoms with Crippen LogP contribution in [0, 0.1) is 11.8 Å². The second-order valence-corrected chi connectivity index (χ2v) is 4.94. The molecule has 0 saturated heterocycles. The number of amides is 2. The highest BCUT2D eigenvalue weighted by Gasteiger charge is 2.11. The summed E-state index contributed by atoms with van der Waals surface area (Å²) in [6.45, 7) is 1.55. The van der Waals surface area contributed by atoms with Crippen LogP contribution in [-0.4, -0.2) is 27.3 Å². The molecule has 6 nitrogen and oxygen atoms in total. The quantitative estimate of drug-likeness (QED) is 0.391. The van der Waals surface area contributed by atoms with Crippen molar-refractivity contribution >= 4 is 17.6 Å². The lowest BCUT2D eigenvalue weighted by Gasteiger charge is -2.14. The first-order valence-electron chi connectivity index (χ1n) is 6.65. The van der Waals surface area contributed by atoms with E-state index >= 15 is 0 Å². The van der Waals surface area contributed by atoms with Gasteiger partial charge in [-0.1, -0.05) is 35.6 Å². The Morgan fingerprint density at radius 2 is 2.13 bits per heavy atom. The number of hydroxylamine groups is 2. The Balaban J connectivity index is 2.13. The van der Waals surface area contributed by atoms with E-state index in [9.17, 15) is 10.0 Å². The van der Waals surface area contributed by atoms with Gasteiger partial charge in [-0.05, 0) is 31.2 Å². The van der Waals surface area contributed by atoms with Crippen molar-refractivity contribution < 1.29 is 14.7 Å². The number of ether oxygens (including phenoxy) is 1. The molecule has 1 heterocycles. The molecule has 0 spiro atoms. The Morgan fingerprint density at radius 1 is 1.39 bits per heavy atom. The van der Waals surface area contributed by atoms with Crippen LogP contribution in [0.2, 0.25) is 5.15 Å². The van der Waals surface area contributed by atoms with Crippen LogP contribution in [0.5, 0.6) is 11.6 Å². The molecule has 0 saturated carbocycles. The molecule has 118 valence electrons. The number of benzene rings is 1. The smallest absolute Gasteiger partial charge is 0.339 e. The second kappa shape index (κ2) is 7.49. The Labute approximate surface area is 138 Å². The van der Waals surface area contributed by atoms with Crippen LogP contribution in [0.25, 0.3) is 0 Å². The number of rotatable bonds is 3. The van der Waals surface area contributed by atoms with Crippen LogP contribution >= 0.6 is 11.6 Å². The number of urea groups is 1. The monoisotopic (exact) mass is 331 g/mol. The zero-order valence-corrected chi connectivity index (χ0v) is 13.0. The number of hydrogen-bond acceptors (Lipinski definition) is 4. The van der Waals surface area contributed by atoms with Crippen molar-refractivity contribution in [2.24, 2.45) is 5.73 Å². The van der Waals surface area contributed by atoms with Crippen molar-refractivity contribution in [1.82, 2.24) is 10.0 Å². The average Bonchev–Trinajstić information content (AvgIpc) is 2.52. The molecule has 0 bridgehead atoms. The Kier molecular flexibility index (Phi) is 5.41. The standard InChI is InChI=1S/C16H14ClN3O3/c1-11(20(22)16(18)21)8-9-12-4-2-5-13(10-12)23-15-7-3-6-14(17)19-15/h2-7,10-11,22H,1H3,(H2,18,21). The summed E-state index contributed by atoms with van der Waals surface area (Å²) in [5, 5.41) is 10.1. The number of primary amides is 1. The summed E-state index contributed by atoms with van der Waals surface area (Å²) in [4.78, 5) is 14.9. The Morgan fingerprint density at radius 3 is 2.83 bits per heavy atom. The largest absolute Gasteiger partial charge is 0.439 e. The number of aromatic nitrogens is 1. The van der Waals surface area contributed by atoms with Crippen molar-refractivity contribution in [2.45, 2.75) is 13.0 Å². The van der Waals surface area contributed by atoms with Crippen LogP contribution in [0.15, 0.2) is 42.5 Å². The summed E-state index contributed by atoms with van der Waals surface area (Å²) >= 11 is 5.80. The lowest BCUT2D eigenvalue weighted by Crippen LogP contribution is -2.38. The molecule has 2 rings (SSSR count). The maximum Gasteiger partial charge on any atom is 0.339 e. The third kappa shape index (κ3) is 4.88. The molecule has 0 radical (unpaired) electrons. The van der Waals surface area contributed by atoms with E-state index in [1.165, 1.54) is 0 Å². The number of nitrogens with two attached hydrogens (primary N) is 1. The molecule has 1 atom stereocenters. The van der Waals surface area contributed by atoms with E-state index in [4.69, 9.17) is 22.1 Å². The molecule has 1 aromatic heterocycles. The van der Waals surface area contributed by atoms with Gasteiger partial charge in [0.25, 0.3) is 0 Å². The molecule has 7 heteroatoms. The van der Waals surface area contributed by atoms with Gasteiger partial charge in [-0.3, -0.25) is 5.21 Å². The number of pyridine rings is 1. The van der Waals surface area contributed by atoms with Gasteiger partial charge in [0, 0.05) is 11.6 Å². The van der Waals surface area contributed by atoms with Crippen LogP contribution in [0.3, 0.4) is 0 Å². The fraction of sp³-hybridized carbons (Fsp3) is 0.125. The zero-order valence-electron chi connectivity index (χ0n) is 12.2. The van der Waals surface area contributed by atoms with Gasteiger partial charge >= 0.3 is 6.03 Å². The fourth-order valence-corrected chi connectivity index (χ4v) is 1.80. The molecule has 0 aliphatic heterocycles. The summed E-state index contributed by atoms with van der Waals surface area (Å²) in [6.07, 6.45) is 0. The van der Waals surface area contributed by atoms with Gasteiger partial charge in [0.2, 0.25) is 5.88 Å². The SMILES string of the molecule is CC(C#Cc1cccc(Oc2cccc(Cl)n2)c1)N(O)C(N)=O. The van der Waals surface area contributed by atoms with Gasteiger partial charge < -0.3 is 10.5 Å². The van der Waals surface area contributed by atoms with Crippen LogP contribution in [-0.2, 0) is 0 Å². The summed E-state index contributed by atoms with van der Waals surface area (Å²) in [7, 11) is 0. The summed E-state index contributed by atoms with van der Waals surface area (Å²) in [5.41, 5.74) is 5.61. The second-order valence-electron chi connectivity index (χ2n) is 4.56. The number of carbonyl (C=O) groups is 1. The first kappa shape index (κ1) is 16.6. The van der Waals surface area contributed by atoms with Crippen molar-refractivity contribution in [1.29, 1.82) is 0 Å². The first-order chi connectivity index (χ1) is 11.0. The predicted octanol–water partition coefficient (Wildman–Crippen LogP) is 3.04. The summed E-state index contributed by atoms with van der Waals surface area (Å²) in [6, 6.07) is 10.4. The van der Waals surface area contributed by atoms with Gasteiger partial charge in [0.05, 0.1) is 0 Å². The summed E-state index contributed by atoms with van der Waals surface area (Å²) in [5.74, 6) is 6.45. The molecular weight excluding hydrogens is 318 g/mol. The number of carbonyl (C=O) groups excluding carboxylic acids is 1. The van der Waals surface area contributed by atoms with E-state index < -0.39 is 12.1 Å². The van der Waals surface area contributed by atoms with E-state index in [2.05, 4.69) is 16.8 Å². The third-order valence-corrected chi connectivity index (χ3v) is 2.97. The predicted molar refractivity (Wildman–Crippen MR) is 85.3 cm³/mol. The van der Waals surface area contributed by atoms with Gasteiger partial charge in [-0.15, -0.1) is 0 Å². The Bertz CT molecular complexity index is 770. The molecule has 3 N–H and O–H groups in total. The minimum atomic E-state index is -0.962. The van der Waals surface area contributed by atoms with E-state index in [1.54, 1.807) is 49.4 Å². The van der Waals surface area contributed by atoms with Crippen molar-refractivity contribution in [3.05, 3.63) is 53.2 Å². The molecule has 0 aliphatic rings. The van der Waals surface area contributed by atoms with Crippen molar-refractivity contribution in [3.8, 4) is 23.5 Å². The van der Waals surface area contributed by atoms with Crippen LogP contribution < -0.4 is 10.5 Å². The highest BCUT2D eigenvalue weighted by atomic mass is 35.5. The molecule has 2 aromatic rings. The topological polar surface area (TPSA) is 88.7 Å². The summed E-state index contributed by atoms with van der Waals surface area (Å²) < 4.78 is 5.60. The highest BCUT2D eigenvalue weighted by Crippen LogP contribution is 2.21. The zero-order chi connectivity index (χ0) is 16.8. The highest BCUT2D eigenvalue weighted by molar-refractivity contribution is 6.29. The number of nitrogens with zero attached hydrogens (tertiary/aromatic N) is 2. The molecule has 1 unspecified atom stereocenters. The maximum absolute atomic E-state index is 10.8. The van der Waals surface area contributed by atoms with Crippen molar-refractivity contribution in [2.75, 3.05) is 0 Å². The Hall–Kier alpha value is -2.75. The lowest BCUT2D eigenvalue weighted by molar-refractivity contribution is -0.0536. The normalized spacial score (nSPS) is 11.1. The molecule has 2 amide bonds. The van der Waals surface area contributed by atoms with Crippen LogP contribution in [0.4, 0.5) is 4.79 Å². The fourth-order valence-electron chi connectivity index (χ4n) is 1.64. The first-order valence-corrected chi connectivity index (χ1v) is 7.03. The maximum atomic E-state index is 10.8.